The Hall–Kier alpha value is 0.0700. The molecule has 198 valence electrons. The van der Waals surface area contributed by atoms with Gasteiger partial charge in [-0.1, -0.05) is 131 Å². The number of hydrogen-bond acceptors (Lipinski definition) is 3. The van der Waals surface area contributed by atoms with E-state index in [-0.39, 0.29) is 6.16 Å². The summed E-state index contributed by atoms with van der Waals surface area (Å²) in [7, 11) is -4.15. The van der Waals surface area contributed by atoms with Crippen molar-refractivity contribution < 1.29 is 25.8 Å². The average Bonchev–Trinajstić information content (AvgIpc) is 2.77. The van der Waals surface area contributed by atoms with E-state index in [4.69, 9.17) is 0 Å². The van der Waals surface area contributed by atoms with Crippen molar-refractivity contribution in [3.63, 3.8) is 0 Å². The Labute approximate surface area is 202 Å². The largest absolute Gasteiger partial charge is 0.811 e. The Morgan fingerprint density at radius 2 is 0.656 bits per heavy atom. The number of rotatable bonds is 21. The van der Waals surface area contributed by atoms with Gasteiger partial charge in [-0.25, -0.2) is 0 Å². The van der Waals surface area contributed by atoms with Crippen LogP contribution in [-0.4, -0.2) is 19.3 Å². The molecule has 0 aromatic heterocycles. The summed E-state index contributed by atoms with van der Waals surface area (Å²) < 4.78 is 9.47. The summed E-state index contributed by atoms with van der Waals surface area (Å²) in [6.07, 6.45) is 28.2. The van der Waals surface area contributed by atoms with Gasteiger partial charge >= 0.3 is 0 Å². The normalized spacial score (nSPS) is 10.8. The molecule has 5 nitrogen and oxygen atoms in total. The van der Waals surface area contributed by atoms with Gasteiger partial charge in [-0.3, -0.25) is 0 Å². The second-order valence-corrected chi connectivity index (χ2v) is 10.9. The van der Waals surface area contributed by atoms with Gasteiger partial charge in [-0.15, -0.1) is 0 Å². The molecule has 0 saturated carbocycles. The van der Waals surface area contributed by atoms with Crippen LogP contribution >= 0.6 is 7.60 Å². The zero-order valence-corrected chi connectivity index (χ0v) is 23.2. The fourth-order valence-electron chi connectivity index (χ4n) is 3.33. The van der Waals surface area contributed by atoms with Crippen molar-refractivity contribution in [1.82, 2.24) is 0 Å². The summed E-state index contributed by atoms with van der Waals surface area (Å²) in [6.45, 7) is 8.12. The van der Waals surface area contributed by atoms with Crippen molar-refractivity contribution in [2.24, 2.45) is 0 Å². The Kier molecular flexibility index (Phi) is 38.1. The van der Waals surface area contributed by atoms with E-state index >= 15 is 0 Å². The number of unbranched alkanes of at least 4 members (excludes halogenated alkanes) is 18. The Balaban J connectivity index is -0.000000422. The molecule has 0 saturated heterocycles. The molecular formula is C26H61N2O3P. The van der Waals surface area contributed by atoms with Gasteiger partial charge in [0, 0.05) is 0 Å². The highest BCUT2D eigenvalue weighted by molar-refractivity contribution is 7.48. The van der Waals surface area contributed by atoms with Gasteiger partial charge in [0.1, 0.15) is 0 Å². The molecule has 0 aromatic carbocycles. The molecule has 0 aromatic rings. The molecule has 0 aliphatic carbocycles. The standard InChI is InChI=1S/2C12H27N.C2H7O3P/c2*1-2-3-4-5-6-7-8-9-10-11-12-13;1-2-6(3,4)5/h2*2-13H2,1H3;2H2,1H3,(H2,3,4,5). The van der Waals surface area contributed by atoms with Crippen molar-refractivity contribution in [3.05, 3.63) is 0 Å². The molecule has 32 heavy (non-hydrogen) atoms. The molecule has 0 atom stereocenters. The van der Waals surface area contributed by atoms with Crippen molar-refractivity contribution >= 4 is 7.60 Å². The highest BCUT2D eigenvalue weighted by Gasteiger charge is 1.92. The van der Waals surface area contributed by atoms with Crippen LogP contribution in [0, 0.1) is 0 Å². The molecule has 0 bridgehead atoms. The first-order valence-electron chi connectivity index (χ1n) is 14.0. The molecule has 0 fully saturated rings. The highest BCUT2D eigenvalue weighted by Crippen LogP contribution is 2.20. The predicted molar refractivity (Wildman–Crippen MR) is 137 cm³/mol. The molecule has 0 unspecified atom stereocenters. The van der Waals surface area contributed by atoms with Gasteiger partial charge in [-0.05, 0) is 31.8 Å². The summed E-state index contributed by atoms with van der Waals surface area (Å²) in [5.41, 5.74) is 7.71. The molecule has 6 N–H and O–H groups in total. The molecule has 0 rings (SSSR count). The first-order chi connectivity index (χ1) is 15.4. The van der Waals surface area contributed by atoms with Gasteiger partial charge in [0.15, 0.2) is 0 Å². The van der Waals surface area contributed by atoms with E-state index in [2.05, 4.69) is 25.3 Å². The quantitative estimate of drug-likeness (QED) is 0.173. The summed E-state index contributed by atoms with van der Waals surface area (Å²) in [6, 6.07) is 0. The lowest BCUT2D eigenvalue weighted by Gasteiger charge is -2.26. The summed E-state index contributed by atoms with van der Waals surface area (Å²) >= 11 is 0. The summed E-state index contributed by atoms with van der Waals surface area (Å²) in [5, 5.41) is 0. The van der Waals surface area contributed by atoms with Gasteiger partial charge in [-0.2, -0.15) is 0 Å². The topological polar surface area (TPSA) is 118 Å². The Bertz CT molecular complexity index is 310. The Morgan fingerprint density at radius 3 is 0.812 bits per heavy atom. The maximum absolute atomic E-state index is 9.47. The minimum absolute atomic E-state index is 0.285. The van der Waals surface area contributed by atoms with Crippen LogP contribution in [-0.2, 0) is 4.57 Å². The lowest BCUT2D eigenvalue weighted by atomic mass is 10.1. The average molecular weight is 481 g/mol. The predicted octanol–water partition coefficient (Wildman–Crippen LogP) is 5.22. The fourth-order valence-corrected chi connectivity index (χ4v) is 3.33. The molecular weight excluding hydrogens is 419 g/mol. The fraction of sp³-hybridized carbons (Fsp3) is 1.00. The third-order valence-electron chi connectivity index (χ3n) is 5.59. The molecule has 0 radical (unpaired) electrons. The Morgan fingerprint density at radius 1 is 0.469 bits per heavy atom. The van der Waals surface area contributed by atoms with Crippen molar-refractivity contribution in [3.8, 4) is 0 Å². The van der Waals surface area contributed by atoms with Crippen LogP contribution in [0.2, 0.25) is 0 Å². The number of hydrogen-bond donors (Lipinski definition) is 2. The smallest absolute Gasteiger partial charge is 0.0739 e. The molecule has 0 aliphatic rings. The first-order valence-corrected chi connectivity index (χ1v) is 15.7. The third kappa shape index (κ3) is 47.7. The lowest BCUT2D eigenvalue weighted by molar-refractivity contribution is -0.368. The van der Waals surface area contributed by atoms with Gasteiger partial charge < -0.3 is 25.8 Å². The maximum Gasteiger partial charge on any atom is 0.0739 e. The molecule has 0 spiro atoms. The van der Waals surface area contributed by atoms with E-state index in [9.17, 15) is 14.4 Å². The highest BCUT2D eigenvalue weighted by atomic mass is 31.2. The van der Waals surface area contributed by atoms with Crippen LogP contribution in [0.25, 0.3) is 0 Å². The van der Waals surface area contributed by atoms with Crippen LogP contribution < -0.4 is 21.3 Å². The summed E-state index contributed by atoms with van der Waals surface area (Å²) in [5.74, 6) is 0. The minimum atomic E-state index is -4.15. The van der Waals surface area contributed by atoms with E-state index in [0.717, 1.165) is 13.1 Å². The van der Waals surface area contributed by atoms with Gasteiger partial charge in [0.25, 0.3) is 0 Å². The zero-order valence-electron chi connectivity index (χ0n) is 22.3. The van der Waals surface area contributed by atoms with E-state index in [1.165, 1.54) is 135 Å². The van der Waals surface area contributed by atoms with Crippen LogP contribution in [0.4, 0.5) is 0 Å². The van der Waals surface area contributed by atoms with Crippen molar-refractivity contribution in [2.75, 3.05) is 19.3 Å². The van der Waals surface area contributed by atoms with Gasteiger partial charge in [0.2, 0.25) is 0 Å². The summed E-state index contributed by atoms with van der Waals surface area (Å²) in [4.78, 5) is 18.9. The van der Waals surface area contributed by atoms with Crippen molar-refractivity contribution in [1.29, 1.82) is 0 Å². The SMILES string of the molecule is CCCCCCCCCCCC[NH3+].CCCCCCCCCCCC[NH3+].CCP(=O)([O-])[O-]. The second-order valence-electron chi connectivity index (χ2n) is 9.00. The number of quaternary nitrogens is 2. The van der Waals surface area contributed by atoms with Crippen LogP contribution in [0.5, 0.6) is 0 Å². The van der Waals surface area contributed by atoms with Crippen LogP contribution in [0.15, 0.2) is 0 Å². The van der Waals surface area contributed by atoms with E-state index in [1.54, 1.807) is 0 Å². The molecule has 0 amide bonds. The maximum atomic E-state index is 9.47. The van der Waals surface area contributed by atoms with E-state index in [0.29, 0.717) is 0 Å². The van der Waals surface area contributed by atoms with Crippen LogP contribution in [0.1, 0.15) is 149 Å². The van der Waals surface area contributed by atoms with Crippen molar-refractivity contribution in [2.45, 2.75) is 149 Å². The van der Waals surface area contributed by atoms with Gasteiger partial charge in [0.05, 0.1) is 13.1 Å². The first kappa shape index (κ1) is 36.6. The minimum Gasteiger partial charge on any atom is -0.811 e. The second kappa shape index (κ2) is 33.2. The van der Waals surface area contributed by atoms with E-state index in [1.807, 2.05) is 0 Å². The molecule has 0 heterocycles. The lowest BCUT2D eigenvalue weighted by Crippen LogP contribution is -2.50. The molecule has 6 heteroatoms. The zero-order chi connectivity index (χ0) is 24.8. The van der Waals surface area contributed by atoms with E-state index < -0.39 is 7.60 Å². The van der Waals surface area contributed by atoms with Crippen LogP contribution in [0.3, 0.4) is 0 Å². The molecule has 0 aliphatic heterocycles. The monoisotopic (exact) mass is 480 g/mol. The third-order valence-corrected chi connectivity index (χ3v) is 6.37.